The van der Waals surface area contributed by atoms with E-state index in [9.17, 15) is 0 Å². The van der Waals surface area contributed by atoms with Crippen LogP contribution in [0, 0.1) is 0 Å². The van der Waals surface area contributed by atoms with Crippen LogP contribution in [-0.4, -0.2) is 50.8 Å². The summed E-state index contributed by atoms with van der Waals surface area (Å²) in [5, 5.41) is 15.5. The molecular weight excluding hydrogens is 332 g/mol. The van der Waals surface area contributed by atoms with E-state index in [2.05, 4.69) is 25.6 Å². The third kappa shape index (κ3) is 3.61. The minimum atomic E-state index is 0.0324. The van der Waals surface area contributed by atoms with E-state index in [0.717, 1.165) is 35.9 Å². The standard InChI is InChI=1S/C18H22N6O2/c25-7-5-19-18-22-15(13-4-8-26-12-13)9-16(23-18)20-10-14-11-21-17-3-1-2-6-24(14)17/h1-3,6,9,11,13,25H,4-5,7-8,10,12H2,(H2,19,20,22,23)/t13-/m0/s1. The lowest BCUT2D eigenvalue weighted by Crippen LogP contribution is -2.13. The number of aromatic nitrogens is 4. The Bertz CT molecular complexity index is 875. The second kappa shape index (κ2) is 7.67. The fraction of sp³-hybridized carbons (Fsp3) is 0.389. The highest BCUT2D eigenvalue weighted by molar-refractivity contribution is 5.45. The molecule has 0 bridgehead atoms. The summed E-state index contributed by atoms with van der Waals surface area (Å²) in [6.45, 7) is 2.49. The molecular formula is C18H22N6O2. The lowest BCUT2D eigenvalue weighted by molar-refractivity contribution is 0.193. The fourth-order valence-electron chi connectivity index (χ4n) is 3.08. The molecule has 1 aliphatic rings. The van der Waals surface area contributed by atoms with Crippen LogP contribution in [0.3, 0.4) is 0 Å². The van der Waals surface area contributed by atoms with Crippen molar-refractivity contribution in [1.29, 1.82) is 0 Å². The number of fused-ring (bicyclic) bond motifs is 1. The van der Waals surface area contributed by atoms with Crippen LogP contribution in [0.4, 0.5) is 11.8 Å². The Morgan fingerprint density at radius 1 is 1.27 bits per heavy atom. The highest BCUT2D eigenvalue weighted by Crippen LogP contribution is 2.26. The Morgan fingerprint density at radius 2 is 2.23 bits per heavy atom. The number of nitrogens with zero attached hydrogens (tertiary/aromatic N) is 4. The van der Waals surface area contributed by atoms with Crippen LogP contribution in [0.15, 0.2) is 36.7 Å². The van der Waals surface area contributed by atoms with Crippen LogP contribution < -0.4 is 10.6 Å². The molecule has 8 nitrogen and oxygen atoms in total. The van der Waals surface area contributed by atoms with Crippen molar-refractivity contribution in [3.05, 3.63) is 48.0 Å². The van der Waals surface area contributed by atoms with Crippen molar-refractivity contribution in [2.75, 3.05) is 37.0 Å². The van der Waals surface area contributed by atoms with Crippen molar-refractivity contribution in [3.8, 4) is 0 Å². The van der Waals surface area contributed by atoms with Gasteiger partial charge in [-0.15, -0.1) is 0 Å². The topological polar surface area (TPSA) is 96.6 Å². The first kappa shape index (κ1) is 16.7. The van der Waals surface area contributed by atoms with Crippen molar-refractivity contribution in [1.82, 2.24) is 19.4 Å². The van der Waals surface area contributed by atoms with E-state index in [1.807, 2.05) is 41.1 Å². The van der Waals surface area contributed by atoms with Gasteiger partial charge in [0.15, 0.2) is 0 Å². The maximum Gasteiger partial charge on any atom is 0.224 e. The van der Waals surface area contributed by atoms with Gasteiger partial charge in [-0.1, -0.05) is 6.07 Å². The van der Waals surface area contributed by atoms with Gasteiger partial charge in [-0.3, -0.25) is 0 Å². The molecule has 26 heavy (non-hydrogen) atoms. The highest BCUT2D eigenvalue weighted by atomic mass is 16.5. The van der Waals surface area contributed by atoms with E-state index < -0.39 is 0 Å². The van der Waals surface area contributed by atoms with Gasteiger partial charge in [0, 0.05) is 31.3 Å². The third-order valence-electron chi connectivity index (χ3n) is 4.43. The smallest absolute Gasteiger partial charge is 0.224 e. The van der Waals surface area contributed by atoms with Crippen LogP contribution in [-0.2, 0) is 11.3 Å². The third-order valence-corrected chi connectivity index (χ3v) is 4.43. The van der Waals surface area contributed by atoms with Gasteiger partial charge in [-0.05, 0) is 18.6 Å². The fourth-order valence-corrected chi connectivity index (χ4v) is 3.08. The lowest BCUT2D eigenvalue weighted by atomic mass is 10.0. The second-order valence-corrected chi connectivity index (χ2v) is 6.24. The molecule has 1 saturated heterocycles. The SMILES string of the molecule is OCCNc1nc(NCc2cnc3ccccn23)cc([C@H]2CCOC2)n1. The largest absolute Gasteiger partial charge is 0.395 e. The number of anilines is 2. The summed E-state index contributed by atoms with van der Waals surface area (Å²) < 4.78 is 7.53. The number of nitrogens with one attached hydrogen (secondary N) is 2. The molecule has 4 heterocycles. The summed E-state index contributed by atoms with van der Waals surface area (Å²) >= 11 is 0. The van der Waals surface area contributed by atoms with E-state index in [-0.39, 0.29) is 12.5 Å². The van der Waals surface area contributed by atoms with Gasteiger partial charge in [0.2, 0.25) is 5.95 Å². The average Bonchev–Trinajstić information content (AvgIpc) is 3.35. The average molecular weight is 354 g/mol. The van der Waals surface area contributed by atoms with Crippen LogP contribution in [0.2, 0.25) is 0 Å². The summed E-state index contributed by atoms with van der Waals surface area (Å²) in [5.41, 5.74) is 2.93. The molecule has 136 valence electrons. The van der Waals surface area contributed by atoms with Gasteiger partial charge in [-0.2, -0.15) is 4.98 Å². The molecule has 0 unspecified atom stereocenters. The van der Waals surface area contributed by atoms with Crippen molar-refractivity contribution in [3.63, 3.8) is 0 Å². The van der Waals surface area contributed by atoms with Crippen molar-refractivity contribution in [2.45, 2.75) is 18.9 Å². The molecule has 0 radical (unpaired) electrons. The van der Waals surface area contributed by atoms with Gasteiger partial charge in [-0.25, -0.2) is 9.97 Å². The molecule has 3 N–H and O–H groups in total. The molecule has 1 fully saturated rings. The van der Waals surface area contributed by atoms with Gasteiger partial charge in [0.1, 0.15) is 11.5 Å². The van der Waals surface area contributed by atoms with Gasteiger partial charge >= 0.3 is 0 Å². The maximum atomic E-state index is 9.04. The number of pyridine rings is 1. The summed E-state index contributed by atoms with van der Waals surface area (Å²) in [4.78, 5) is 13.5. The molecule has 1 aliphatic heterocycles. The predicted octanol–water partition coefficient (Wildman–Crippen LogP) is 1.64. The van der Waals surface area contributed by atoms with E-state index in [4.69, 9.17) is 9.84 Å². The molecule has 0 saturated carbocycles. The van der Waals surface area contributed by atoms with Gasteiger partial charge in [0.25, 0.3) is 0 Å². The Kier molecular flexibility index (Phi) is 4.94. The molecule has 0 aromatic carbocycles. The number of aliphatic hydroxyl groups excluding tert-OH is 1. The molecule has 3 aromatic rings. The first-order chi connectivity index (χ1) is 12.8. The van der Waals surface area contributed by atoms with Crippen LogP contribution in [0.1, 0.15) is 23.7 Å². The summed E-state index contributed by atoms with van der Waals surface area (Å²) in [6.07, 6.45) is 4.82. The van der Waals surface area contributed by atoms with Crippen molar-refractivity contribution in [2.24, 2.45) is 0 Å². The minimum absolute atomic E-state index is 0.0324. The van der Waals surface area contributed by atoms with E-state index >= 15 is 0 Å². The zero-order valence-corrected chi connectivity index (χ0v) is 14.4. The van der Waals surface area contributed by atoms with E-state index in [0.29, 0.717) is 25.6 Å². The first-order valence-electron chi connectivity index (χ1n) is 8.80. The molecule has 3 aromatic heterocycles. The number of imidazole rings is 1. The minimum Gasteiger partial charge on any atom is -0.395 e. The Balaban J connectivity index is 1.55. The Hall–Kier alpha value is -2.71. The van der Waals surface area contributed by atoms with E-state index in [1.54, 1.807) is 0 Å². The Labute approximate surface area is 151 Å². The van der Waals surface area contributed by atoms with Crippen molar-refractivity contribution < 1.29 is 9.84 Å². The normalized spacial score (nSPS) is 16.9. The molecule has 0 spiro atoms. The van der Waals surface area contributed by atoms with Crippen molar-refractivity contribution >= 4 is 17.4 Å². The lowest BCUT2D eigenvalue weighted by Gasteiger charge is -2.13. The van der Waals surface area contributed by atoms with E-state index in [1.165, 1.54) is 0 Å². The Morgan fingerprint density at radius 3 is 3.08 bits per heavy atom. The quantitative estimate of drug-likeness (QED) is 0.593. The van der Waals surface area contributed by atoms with Gasteiger partial charge < -0.3 is 24.9 Å². The highest BCUT2D eigenvalue weighted by Gasteiger charge is 2.20. The summed E-state index contributed by atoms with van der Waals surface area (Å²) in [5.74, 6) is 1.54. The molecule has 0 aliphatic carbocycles. The summed E-state index contributed by atoms with van der Waals surface area (Å²) in [7, 11) is 0. The summed E-state index contributed by atoms with van der Waals surface area (Å²) in [6, 6.07) is 7.91. The number of ether oxygens (including phenoxy) is 1. The second-order valence-electron chi connectivity index (χ2n) is 6.24. The zero-order valence-electron chi connectivity index (χ0n) is 14.4. The monoisotopic (exact) mass is 354 g/mol. The number of rotatable bonds is 7. The number of aliphatic hydroxyl groups is 1. The molecule has 4 rings (SSSR count). The number of hydrogen-bond acceptors (Lipinski definition) is 7. The van der Waals surface area contributed by atoms with Crippen LogP contribution in [0.25, 0.3) is 5.65 Å². The molecule has 8 heteroatoms. The zero-order chi connectivity index (χ0) is 17.8. The number of hydrogen-bond donors (Lipinski definition) is 3. The maximum absolute atomic E-state index is 9.04. The molecule has 1 atom stereocenters. The predicted molar refractivity (Wildman–Crippen MR) is 98.3 cm³/mol. The first-order valence-corrected chi connectivity index (χ1v) is 8.80. The van der Waals surface area contributed by atoms with Crippen LogP contribution in [0.5, 0.6) is 0 Å². The van der Waals surface area contributed by atoms with Gasteiger partial charge in [0.05, 0.1) is 37.3 Å². The van der Waals surface area contributed by atoms with Crippen LogP contribution >= 0.6 is 0 Å². The molecule has 0 amide bonds.